The topological polar surface area (TPSA) is 64.4 Å². The van der Waals surface area contributed by atoms with Crippen LogP contribution in [-0.4, -0.2) is 17.1 Å². The molecule has 0 aliphatic carbocycles. The first-order chi connectivity index (χ1) is 9.83. The summed E-state index contributed by atoms with van der Waals surface area (Å²) in [6.07, 6.45) is 0.557. The van der Waals surface area contributed by atoms with Gasteiger partial charge >= 0.3 is 5.69 Å². The van der Waals surface area contributed by atoms with Crippen molar-refractivity contribution in [3.63, 3.8) is 0 Å². The van der Waals surface area contributed by atoms with Crippen LogP contribution in [-0.2, 0) is 6.54 Å². The van der Waals surface area contributed by atoms with E-state index in [-0.39, 0.29) is 17.0 Å². The Morgan fingerprint density at radius 2 is 2.10 bits per heavy atom. The zero-order chi connectivity index (χ0) is 15.9. The molecule has 0 amide bonds. The van der Waals surface area contributed by atoms with E-state index in [1.807, 2.05) is 26.8 Å². The molecule has 0 fully saturated rings. The van der Waals surface area contributed by atoms with Gasteiger partial charge in [-0.1, -0.05) is 6.07 Å². The molecule has 0 radical (unpaired) electrons. The molecule has 5 heteroatoms. The smallest absolute Gasteiger partial charge is 0.311 e. The number of rotatable bonds is 6. The van der Waals surface area contributed by atoms with Crippen molar-refractivity contribution in [1.29, 1.82) is 0 Å². The predicted octanol–water partition coefficient (Wildman–Crippen LogP) is 3.28. The monoisotopic (exact) mass is 290 g/mol. The van der Waals surface area contributed by atoms with E-state index in [1.54, 1.807) is 19.1 Å². The highest BCUT2D eigenvalue weighted by Gasteiger charge is 2.17. The highest BCUT2D eigenvalue weighted by Crippen LogP contribution is 2.28. The van der Waals surface area contributed by atoms with Gasteiger partial charge in [-0.05, 0) is 39.3 Å². The first-order valence-electron chi connectivity index (χ1n) is 6.88. The van der Waals surface area contributed by atoms with E-state index >= 15 is 0 Å². The van der Waals surface area contributed by atoms with Crippen molar-refractivity contribution in [3.05, 3.63) is 33.9 Å². The van der Waals surface area contributed by atoms with Gasteiger partial charge in [-0.3, -0.25) is 10.1 Å². The molecule has 0 aliphatic heterocycles. The van der Waals surface area contributed by atoms with Crippen LogP contribution in [0.15, 0.2) is 18.2 Å². The molecule has 0 aliphatic rings. The summed E-state index contributed by atoms with van der Waals surface area (Å²) >= 11 is 0. The van der Waals surface area contributed by atoms with Crippen molar-refractivity contribution in [3.8, 4) is 17.6 Å². The zero-order valence-electron chi connectivity index (χ0n) is 13.0. The van der Waals surface area contributed by atoms with Crippen LogP contribution in [0.1, 0.15) is 39.7 Å². The fraction of sp³-hybridized carbons (Fsp3) is 0.500. The molecule has 0 aromatic heterocycles. The largest absolute Gasteiger partial charge is 0.486 e. The molecule has 1 N–H and O–H groups in total. The Kier molecular flexibility index (Phi) is 6.19. The van der Waals surface area contributed by atoms with Crippen LogP contribution in [0.5, 0.6) is 5.75 Å². The van der Waals surface area contributed by atoms with Gasteiger partial charge < -0.3 is 10.1 Å². The summed E-state index contributed by atoms with van der Waals surface area (Å²) in [5.41, 5.74) is 0.813. The van der Waals surface area contributed by atoms with E-state index in [2.05, 4.69) is 17.2 Å². The molecule has 0 bridgehead atoms. The number of benzene rings is 1. The Morgan fingerprint density at radius 3 is 2.67 bits per heavy atom. The van der Waals surface area contributed by atoms with Crippen LogP contribution < -0.4 is 10.1 Å². The van der Waals surface area contributed by atoms with Crippen LogP contribution in [0.25, 0.3) is 0 Å². The maximum absolute atomic E-state index is 11.1. The minimum Gasteiger partial charge on any atom is -0.486 e. The molecule has 1 rings (SSSR count). The average molecular weight is 290 g/mol. The molecule has 1 aromatic carbocycles. The minimum atomic E-state index is -0.415. The van der Waals surface area contributed by atoms with Crippen molar-refractivity contribution in [2.24, 2.45) is 0 Å². The zero-order valence-corrected chi connectivity index (χ0v) is 13.0. The van der Waals surface area contributed by atoms with Crippen LogP contribution in [0.3, 0.4) is 0 Å². The van der Waals surface area contributed by atoms with Crippen LogP contribution in [0, 0.1) is 22.0 Å². The van der Waals surface area contributed by atoms with Crippen LogP contribution in [0.2, 0.25) is 0 Å². The van der Waals surface area contributed by atoms with Crippen molar-refractivity contribution >= 4 is 5.69 Å². The Morgan fingerprint density at radius 1 is 1.38 bits per heavy atom. The molecular formula is C16H22N2O3. The van der Waals surface area contributed by atoms with Crippen molar-refractivity contribution in [1.82, 2.24) is 5.32 Å². The van der Waals surface area contributed by atoms with Crippen molar-refractivity contribution < 1.29 is 9.66 Å². The van der Waals surface area contributed by atoms with E-state index < -0.39 is 4.92 Å². The minimum absolute atomic E-state index is 0.00679. The third kappa shape index (κ3) is 6.28. The summed E-state index contributed by atoms with van der Waals surface area (Å²) in [6.45, 7) is 8.82. The molecule has 5 nitrogen and oxygen atoms in total. The number of nitro benzene ring substituents is 1. The SMILES string of the molecule is CC#CCCOc1ccc(CNC(C)(C)C)cc1[N+](=O)[O-]. The van der Waals surface area contributed by atoms with Gasteiger partial charge in [0.15, 0.2) is 5.75 Å². The van der Waals surface area contributed by atoms with Gasteiger partial charge in [0.2, 0.25) is 0 Å². The maximum atomic E-state index is 11.1. The molecule has 0 spiro atoms. The van der Waals surface area contributed by atoms with Gasteiger partial charge in [-0.2, -0.15) is 0 Å². The predicted molar refractivity (Wildman–Crippen MR) is 83.3 cm³/mol. The average Bonchev–Trinajstić information content (AvgIpc) is 2.41. The summed E-state index contributed by atoms with van der Waals surface area (Å²) in [6, 6.07) is 5.04. The molecular weight excluding hydrogens is 268 g/mol. The lowest BCUT2D eigenvalue weighted by Crippen LogP contribution is -2.35. The molecule has 114 valence electrons. The lowest BCUT2D eigenvalue weighted by atomic mass is 10.1. The normalized spacial score (nSPS) is 10.7. The summed E-state index contributed by atoms with van der Waals surface area (Å²) in [4.78, 5) is 10.7. The Balaban J connectivity index is 2.80. The second-order valence-electron chi connectivity index (χ2n) is 5.69. The van der Waals surface area contributed by atoms with E-state index in [4.69, 9.17) is 4.74 Å². The number of hydrogen-bond acceptors (Lipinski definition) is 4. The van der Waals surface area contributed by atoms with Gasteiger partial charge in [0.05, 0.1) is 11.5 Å². The number of ether oxygens (including phenoxy) is 1. The summed E-state index contributed by atoms with van der Waals surface area (Å²) in [7, 11) is 0. The van der Waals surface area contributed by atoms with Crippen molar-refractivity contribution in [2.45, 2.75) is 46.2 Å². The van der Waals surface area contributed by atoms with Gasteiger partial charge in [-0.15, -0.1) is 11.8 Å². The van der Waals surface area contributed by atoms with E-state index in [9.17, 15) is 10.1 Å². The number of nitro groups is 1. The molecule has 1 aromatic rings. The van der Waals surface area contributed by atoms with Gasteiger partial charge in [0, 0.05) is 24.6 Å². The third-order valence-corrected chi connectivity index (χ3v) is 2.70. The molecule has 0 saturated carbocycles. The quantitative estimate of drug-likeness (QED) is 0.378. The van der Waals surface area contributed by atoms with Crippen LogP contribution >= 0.6 is 0 Å². The molecule has 0 atom stereocenters. The lowest BCUT2D eigenvalue weighted by molar-refractivity contribution is -0.385. The highest BCUT2D eigenvalue weighted by molar-refractivity contribution is 5.48. The van der Waals surface area contributed by atoms with E-state index in [1.165, 1.54) is 0 Å². The molecule has 0 heterocycles. The standard InChI is InChI=1S/C16H22N2O3/c1-5-6-7-10-21-15-9-8-13(11-14(15)18(19)20)12-17-16(2,3)4/h8-9,11,17H,7,10,12H2,1-4H3. The van der Waals surface area contributed by atoms with Crippen LogP contribution in [0.4, 0.5) is 5.69 Å². The van der Waals surface area contributed by atoms with Gasteiger partial charge in [-0.25, -0.2) is 0 Å². The summed E-state index contributed by atoms with van der Waals surface area (Å²) < 4.78 is 5.44. The Hall–Kier alpha value is -2.06. The van der Waals surface area contributed by atoms with E-state index in [0.717, 1.165) is 5.56 Å². The second kappa shape index (κ2) is 7.65. The Labute approximate surface area is 125 Å². The number of hydrogen-bond donors (Lipinski definition) is 1. The lowest BCUT2D eigenvalue weighted by Gasteiger charge is -2.20. The fourth-order valence-corrected chi connectivity index (χ4v) is 1.64. The summed E-state index contributed by atoms with van der Waals surface area (Å²) in [5.74, 6) is 5.91. The third-order valence-electron chi connectivity index (χ3n) is 2.70. The first-order valence-corrected chi connectivity index (χ1v) is 6.88. The first kappa shape index (κ1) is 17.0. The molecule has 21 heavy (non-hydrogen) atoms. The van der Waals surface area contributed by atoms with Gasteiger partial charge in [0.25, 0.3) is 0 Å². The highest BCUT2D eigenvalue weighted by atomic mass is 16.6. The Bertz CT molecular complexity index is 551. The van der Waals surface area contributed by atoms with Crippen molar-refractivity contribution in [2.75, 3.05) is 6.61 Å². The van der Waals surface area contributed by atoms with E-state index in [0.29, 0.717) is 19.6 Å². The molecule has 0 saturated heterocycles. The number of nitrogens with one attached hydrogen (secondary N) is 1. The van der Waals surface area contributed by atoms with Gasteiger partial charge in [0.1, 0.15) is 0 Å². The second-order valence-corrected chi connectivity index (χ2v) is 5.69. The summed E-state index contributed by atoms with van der Waals surface area (Å²) in [5, 5.41) is 14.4. The molecule has 0 unspecified atom stereocenters. The number of nitrogens with zero attached hydrogens (tertiary/aromatic N) is 1. The fourth-order valence-electron chi connectivity index (χ4n) is 1.64. The maximum Gasteiger partial charge on any atom is 0.311 e.